The Kier molecular flexibility index (Phi) is 4.67. The van der Waals surface area contributed by atoms with Gasteiger partial charge in [0.1, 0.15) is 5.75 Å². The molecule has 3 aromatic rings. The first-order valence-electron chi connectivity index (χ1n) is 7.62. The van der Waals surface area contributed by atoms with Gasteiger partial charge in [-0.25, -0.2) is 18.1 Å². The average molecular weight is 355 g/mol. The molecular weight excluding hydrogens is 338 g/mol. The lowest BCUT2D eigenvalue weighted by atomic mass is 10.2. The zero-order valence-corrected chi connectivity index (χ0v) is 14.6. The van der Waals surface area contributed by atoms with E-state index in [1.165, 1.54) is 12.1 Å². The lowest BCUT2D eigenvalue weighted by molar-refractivity contribution is 0.457. The highest BCUT2D eigenvalue weighted by atomic mass is 32.2. The van der Waals surface area contributed by atoms with Crippen LogP contribution in [0.4, 0.5) is 5.95 Å². The molecule has 1 heterocycles. The van der Waals surface area contributed by atoms with E-state index in [1.807, 2.05) is 25.1 Å². The van der Waals surface area contributed by atoms with Crippen molar-refractivity contribution in [3.8, 4) is 11.6 Å². The molecule has 7 heteroatoms. The van der Waals surface area contributed by atoms with E-state index >= 15 is 0 Å². The lowest BCUT2D eigenvalue weighted by Crippen LogP contribution is -2.16. The van der Waals surface area contributed by atoms with Crippen LogP contribution in [0.5, 0.6) is 11.6 Å². The molecule has 0 aliphatic rings. The van der Waals surface area contributed by atoms with Crippen molar-refractivity contribution in [3.05, 3.63) is 71.9 Å². The number of nitrogens with zero attached hydrogens (tertiary/aromatic N) is 2. The fourth-order valence-electron chi connectivity index (χ4n) is 2.13. The van der Waals surface area contributed by atoms with Crippen LogP contribution in [0.2, 0.25) is 0 Å². The summed E-state index contributed by atoms with van der Waals surface area (Å²) in [6.45, 7) is 3.60. The van der Waals surface area contributed by atoms with Crippen molar-refractivity contribution < 1.29 is 13.2 Å². The van der Waals surface area contributed by atoms with E-state index in [-0.39, 0.29) is 10.8 Å². The summed E-state index contributed by atoms with van der Waals surface area (Å²) in [6.07, 6.45) is 0. The van der Waals surface area contributed by atoms with E-state index in [0.29, 0.717) is 17.3 Å². The number of hydrogen-bond acceptors (Lipinski definition) is 5. The van der Waals surface area contributed by atoms with Gasteiger partial charge in [0, 0.05) is 11.3 Å². The SMILES string of the molecule is Cc1nc(NS(=O)(=O)c2ccccc2)nc(Oc2ccccc2)c1C. The first-order chi connectivity index (χ1) is 12.0. The zero-order chi connectivity index (χ0) is 17.9. The van der Waals surface area contributed by atoms with Crippen LogP contribution in [0.1, 0.15) is 11.3 Å². The number of aryl methyl sites for hydroxylation is 1. The molecule has 6 nitrogen and oxygen atoms in total. The Hall–Kier alpha value is -2.93. The van der Waals surface area contributed by atoms with E-state index in [0.717, 1.165) is 5.56 Å². The lowest BCUT2D eigenvalue weighted by Gasteiger charge is -2.12. The molecule has 0 unspecified atom stereocenters. The van der Waals surface area contributed by atoms with Gasteiger partial charge in [0.05, 0.1) is 4.90 Å². The van der Waals surface area contributed by atoms with Crippen molar-refractivity contribution >= 4 is 16.0 Å². The number of benzene rings is 2. The van der Waals surface area contributed by atoms with E-state index in [1.54, 1.807) is 37.3 Å². The summed E-state index contributed by atoms with van der Waals surface area (Å²) in [5, 5.41) is 0. The van der Waals surface area contributed by atoms with Gasteiger partial charge in [-0.15, -0.1) is 0 Å². The summed E-state index contributed by atoms with van der Waals surface area (Å²) in [7, 11) is -3.76. The van der Waals surface area contributed by atoms with Crippen LogP contribution in [-0.4, -0.2) is 18.4 Å². The van der Waals surface area contributed by atoms with Crippen LogP contribution in [0.3, 0.4) is 0 Å². The summed E-state index contributed by atoms with van der Waals surface area (Å²) < 4.78 is 33.0. The Morgan fingerprint density at radius 3 is 2.12 bits per heavy atom. The summed E-state index contributed by atoms with van der Waals surface area (Å²) >= 11 is 0. The minimum absolute atomic E-state index is 0.0297. The predicted octanol–water partition coefficient (Wildman–Crippen LogP) is 3.69. The number of anilines is 1. The van der Waals surface area contributed by atoms with Crippen LogP contribution < -0.4 is 9.46 Å². The fourth-order valence-corrected chi connectivity index (χ4v) is 3.09. The molecule has 1 N–H and O–H groups in total. The number of hydrogen-bond donors (Lipinski definition) is 1. The van der Waals surface area contributed by atoms with Crippen molar-refractivity contribution in [1.82, 2.24) is 9.97 Å². The van der Waals surface area contributed by atoms with Gasteiger partial charge < -0.3 is 4.74 Å². The van der Waals surface area contributed by atoms with Gasteiger partial charge >= 0.3 is 0 Å². The van der Waals surface area contributed by atoms with Gasteiger partial charge in [-0.1, -0.05) is 36.4 Å². The molecule has 0 bridgehead atoms. The predicted molar refractivity (Wildman–Crippen MR) is 95.3 cm³/mol. The Bertz CT molecular complexity index is 975. The van der Waals surface area contributed by atoms with E-state index < -0.39 is 10.0 Å². The Labute approximate surface area is 146 Å². The summed E-state index contributed by atoms with van der Waals surface area (Å²) in [5.74, 6) is 0.892. The molecule has 0 atom stereocenters. The molecule has 0 fully saturated rings. The number of nitrogens with one attached hydrogen (secondary N) is 1. The topological polar surface area (TPSA) is 81.2 Å². The number of rotatable bonds is 5. The second kappa shape index (κ2) is 6.90. The summed E-state index contributed by atoms with van der Waals surface area (Å²) in [6, 6.07) is 17.2. The maximum atomic E-state index is 12.4. The van der Waals surface area contributed by atoms with Crippen LogP contribution >= 0.6 is 0 Å². The minimum Gasteiger partial charge on any atom is -0.439 e. The fraction of sp³-hybridized carbons (Fsp3) is 0.111. The first kappa shape index (κ1) is 16.9. The van der Waals surface area contributed by atoms with Crippen molar-refractivity contribution in [2.45, 2.75) is 18.7 Å². The highest BCUT2D eigenvalue weighted by molar-refractivity contribution is 7.92. The van der Waals surface area contributed by atoms with Crippen molar-refractivity contribution in [2.75, 3.05) is 4.72 Å². The van der Waals surface area contributed by atoms with Gasteiger partial charge in [0.2, 0.25) is 11.8 Å². The normalized spacial score (nSPS) is 11.1. The smallest absolute Gasteiger partial charge is 0.264 e. The van der Waals surface area contributed by atoms with Gasteiger partial charge in [0.15, 0.2) is 0 Å². The third-order valence-corrected chi connectivity index (χ3v) is 4.93. The third-order valence-electron chi connectivity index (χ3n) is 3.58. The molecule has 1 aromatic heterocycles. The van der Waals surface area contributed by atoms with Gasteiger partial charge in [-0.2, -0.15) is 4.98 Å². The molecule has 0 amide bonds. The standard InChI is InChI=1S/C18H17N3O3S/c1-13-14(2)19-18(20-17(13)24-15-9-5-3-6-10-15)21-25(22,23)16-11-7-4-8-12-16/h3-12H,1-2H3,(H,19,20,21). The number of ether oxygens (including phenoxy) is 1. The molecule has 3 rings (SSSR count). The molecule has 25 heavy (non-hydrogen) atoms. The molecule has 128 valence electrons. The first-order valence-corrected chi connectivity index (χ1v) is 9.10. The Morgan fingerprint density at radius 1 is 0.880 bits per heavy atom. The monoisotopic (exact) mass is 355 g/mol. The van der Waals surface area contributed by atoms with Crippen LogP contribution in [0.15, 0.2) is 65.6 Å². The van der Waals surface area contributed by atoms with Gasteiger partial charge in [0.25, 0.3) is 10.0 Å². The average Bonchev–Trinajstić information content (AvgIpc) is 2.60. The highest BCUT2D eigenvalue weighted by Gasteiger charge is 2.17. The number of aromatic nitrogens is 2. The molecule has 0 saturated heterocycles. The highest BCUT2D eigenvalue weighted by Crippen LogP contribution is 2.26. The van der Waals surface area contributed by atoms with Crippen molar-refractivity contribution in [1.29, 1.82) is 0 Å². The van der Waals surface area contributed by atoms with Crippen LogP contribution in [0, 0.1) is 13.8 Å². The molecule has 0 saturated carbocycles. The Balaban J connectivity index is 1.93. The minimum atomic E-state index is -3.76. The Morgan fingerprint density at radius 2 is 1.48 bits per heavy atom. The second-order valence-corrected chi connectivity index (χ2v) is 7.08. The van der Waals surface area contributed by atoms with Crippen LogP contribution in [-0.2, 0) is 10.0 Å². The van der Waals surface area contributed by atoms with Crippen molar-refractivity contribution in [3.63, 3.8) is 0 Å². The zero-order valence-electron chi connectivity index (χ0n) is 13.8. The molecule has 0 aliphatic carbocycles. The summed E-state index contributed by atoms with van der Waals surface area (Å²) in [4.78, 5) is 8.56. The molecule has 0 spiro atoms. The second-order valence-electron chi connectivity index (χ2n) is 5.40. The molecular formula is C18H17N3O3S. The number of sulfonamides is 1. The summed E-state index contributed by atoms with van der Waals surface area (Å²) in [5.41, 5.74) is 1.37. The molecule has 0 aliphatic heterocycles. The largest absolute Gasteiger partial charge is 0.439 e. The quantitative estimate of drug-likeness (QED) is 0.755. The van der Waals surface area contributed by atoms with Gasteiger partial charge in [-0.05, 0) is 38.1 Å². The van der Waals surface area contributed by atoms with E-state index in [4.69, 9.17) is 4.74 Å². The van der Waals surface area contributed by atoms with E-state index in [2.05, 4.69) is 14.7 Å². The van der Waals surface area contributed by atoms with Gasteiger partial charge in [-0.3, -0.25) is 0 Å². The van der Waals surface area contributed by atoms with Crippen LogP contribution in [0.25, 0.3) is 0 Å². The maximum absolute atomic E-state index is 12.4. The third kappa shape index (κ3) is 3.95. The molecule has 0 radical (unpaired) electrons. The van der Waals surface area contributed by atoms with E-state index in [9.17, 15) is 8.42 Å². The number of para-hydroxylation sites is 1. The van der Waals surface area contributed by atoms with Crippen molar-refractivity contribution in [2.24, 2.45) is 0 Å². The molecule has 2 aromatic carbocycles. The maximum Gasteiger partial charge on any atom is 0.264 e.